The Hall–Kier alpha value is -3.57. The zero-order chi connectivity index (χ0) is 29.9. The number of carbonyl (C=O) groups excluding carboxylic acids is 4. The Kier molecular flexibility index (Phi) is 9.28. The molecule has 2 heterocycles. The molecule has 1 aromatic rings. The van der Waals surface area contributed by atoms with Gasteiger partial charge in [-0.15, -0.1) is 0 Å². The van der Waals surface area contributed by atoms with Gasteiger partial charge < -0.3 is 25.4 Å². The van der Waals surface area contributed by atoms with Crippen molar-refractivity contribution >= 4 is 29.7 Å². The minimum atomic E-state index is -1.02. The number of aliphatic carboxylic acids is 1. The van der Waals surface area contributed by atoms with Crippen molar-refractivity contribution in [2.75, 3.05) is 13.7 Å². The molecule has 4 rings (SSSR count). The van der Waals surface area contributed by atoms with E-state index in [1.54, 1.807) is 0 Å². The molecule has 1 aromatic heterocycles. The lowest BCUT2D eigenvalue weighted by molar-refractivity contribution is -0.152. The molecular formula is C29H41N5O7. The second kappa shape index (κ2) is 12.5. The molecule has 0 radical (unpaired) electrons. The number of esters is 1. The van der Waals surface area contributed by atoms with E-state index in [9.17, 15) is 29.1 Å². The van der Waals surface area contributed by atoms with Gasteiger partial charge in [-0.1, -0.05) is 46.5 Å². The molecule has 0 unspecified atom stereocenters. The summed E-state index contributed by atoms with van der Waals surface area (Å²) < 4.78 is 4.62. The van der Waals surface area contributed by atoms with Crippen molar-refractivity contribution in [3.05, 3.63) is 23.8 Å². The molecule has 2 saturated carbocycles. The Morgan fingerprint density at radius 2 is 1.61 bits per heavy atom. The monoisotopic (exact) mass is 571 g/mol. The number of nitrogens with zero attached hydrogens (tertiary/aromatic N) is 3. The molecule has 3 aliphatic rings. The van der Waals surface area contributed by atoms with E-state index in [1.165, 1.54) is 12.0 Å². The van der Waals surface area contributed by atoms with E-state index in [0.717, 1.165) is 63.8 Å². The molecule has 12 heteroatoms. The lowest BCUT2D eigenvalue weighted by Gasteiger charge is -2.37. The first kappa shape index (κ1) is 30.4. The number of rotatable bonds is 8. The van der Waals surface area contributed by atoms with Gasteiger partial charge in [0.05, 0.1) is 19.5 Å². The number of fused-ring (bicyclic) bond motifs is 1. The third-order valence-corrected chi connectivity index (χ3v) is 8.80. The molecule has 3 N–H and O–H groups in total. The number of hydrogen-bond acceptors (Lipinski definition) is 8. The molecule has 0 aromatic carbocycles. The second-order valence-electron chi connectivity index (χ2n) is 12.6. The average molecular weight is 572 g/mol. The quantitative estimate of drug-likeness (QED) is 0.396. The van der Waals surface area contributed by atoms with Gasteiger partial charge in [0, 0.05) is 6.54 Å². The Balaban J connectivity index is 1.55. The standard InChI is InChI=1S/C29H41N5O7/c1-29(2,3)23(26(37)34-15-17-11-8-12-18(17)22(34)27(38)39)33-25(36)21(16-9-6-5-7-10-16)32-24(35)19-13-31-20(14-30-19)28(40)41-4/h13-14,16-18,21-23H,5-12,15H2,1-4H3,(H,32,35)(H,33,36)(H,38,39)/t17-,18-,21-,22-,23+/m0/s1. The number of methoxy groups -OCH3 is 1. The van der Waals surface area contributed by atoms with Crippen molar-refractivity contribution < 1.29 is 33.8 Å². The van der Waals surface area contributed by atoms with Crippen LogP contribution < -0.4 is 10.6 Å². The second-order valence-corrected chi connectivity index (χ2v) is 12.6. The maximum atomic E-state index is 13.9. The number of carbonyl (C=O) groups is 5. The van der Waals surface area contributed by atoms with E-state index in [4.69, 9.17) is 0 Å². The fourth-order valence-corrected chi connectivity index (χ4v) is 6.63. The smallest absolute Gasteiger partial charge is 0.358 e. The van der Waals surface area contributed by atoms with Crippen molar-refractivity contribution in [2.45, 2.75) is 90.3 Å². The molecule has 41 heavy (non-hydrogen) atoms. The topological polar surface area (TPSA) is 168 Å². The first-order valence-electron chi connectivity index (χ1n) is 14.5. The van der Waals surface area contributed by atoms with Crippen LogP contribution in [-0.4, -0.2) is 81.4 Å². The van der Waals surface area contributed by atoms with Crippen molar-refractivity contribution in [3.8, 4) is 0 Å². The Morgan fingerprint density at radius 3 is 2.20 bits per heavy atom. The summed E-state index contributed by atoms with van der Waals surface area (Å²) in [6.07, 6.45) is 9.24. The van der Waals surface area contributed by atoms with Crippen LogP contribution in [0.1, 0.15) is 93.1 Å². The van der Waals surface area contributed by atoms with Crippen LogP contribution in [0.15, 0.2) is 12.4 Å². The third kappa shape index (κ3) is 6.68. The summed E-state index contributed by atoms with van der Waals surface area (Å²) in [5.74, 6) is -3.31. The van der Waals surface area contributed by atoms with Gasteiger partial charge >= 0.3 is 11.9 Å². The zero-order valence-electron chi connectivity index (χ0n) is 24.2. The summed E-state index contributed by atoms with van der Waals surface area (Å²) in [4.78, 5) is 74.3. The normalized spacial score (nSPS) is 24.2. The number of likely N-dealkylation sites (tertiary alicyclic amines) is 1. The fourth-order valence-electron chi connectivity index (χ4n) is 6.63. The highest BCUT2D eigenvalue weighted by molar-refractivity contribution is 5.98. The number of ether oxygens (including phenoxy) is 1. The van der Waals surface area contributed by atoms with Crippen molar-refractivity contribution in [3.63, 3.8) is 0 Å². The van der Waals surface area contributed by atoms with Crippen LogP contribution in [0.5, 0.6) is 0 Å². The van der Waals surface area contributed by atoms with Crippen LogP contribution in [-0.2, 0) is 19.1 Å². The highest BCUT2D eigenvalue weighted by Gasteiger charge is 2.52. The van der Waals surface area contributed by atoms with E-state index in [2.05, 4.69) is 25.3 Å². The number of hydrogen-bond donors (Lipinski definition) is 3. The highest BCUT2D eigenvalue weighted by Crippen LogP contribution is 2.43. The van der Waals surface area contributed by atoms with Gasteiger partial charge in [-0.25, -0.2) is 19.6 Å². The number of carboxylic acids is 1. The van der Waals surface area contributed by atoms with Gasteiger partial charge in [-0.3, -0.25) is 14.4 Å². The number of nitrogens with one attached hydrogen (secondary N) is 2. The van der Waals surface area contributed by atoms with Gasteiger partial charge in [0.1, 0.15) is 23.8 Å². The Bertz CT molecular complexity index is 1160. The van der Waals surface area contributed by atoms with Crippen LogP contribution in [0, 0.1) is 23.2 Å². The van der Waals surface area contributed by atoms with Crippen LogP contribution in [0.2, 0.25) is 0 Å². The van der Waals surface area contributed by atoms with Gasteiger partial charge in [-0.2, -0.15) is 0 Å². The van der Waals surface area contributed by atoms with Crippen LogP contribution in [0.4, 0.5) is 0 Å². The molecular weight excluding hydrogens is 530 g/mol. The number of amides is 3. The van der Waals surface area contributed by atoms with Crippen molar-refractivity contribution in [2.24, 2.45) is 23.2 Å². The van der Waals surface area contributed by atoms with Crippen LogP contribution in [0.25, 0.3) is 0 Å². The minimum absolute atomic E-state index is 0.0529. The van der Waals surface area contributed by atoms with E-state index < -0.39 is 53.2 Å². The van der Waals surface area contributed by atoms with Gasteiger partial charge in [0.2, 0.25) is 11.8 Å². The maximum Gasteiger partial charge on any atom is 0.358 e. The summed E-state index contributed by atoms with van der Waals surface area (Å²) in [5.41, 5.74) is -0.838. The molecule has 12 nitrogen and oxygen atoms in total. The zero-order valence-corrected chi connectivity index (χ0v) is 24.2. The van der Waals surface area contributed by atoms with E-state index >= 15 is 0 Å². The summed E-state index contributed by atoms with van der Waals surface area (Å²) >= 11 is 0. The van der Waals surface area contributed by atoms with E-state index in [1.807, 2.05) is 20.8 Å². The van der Waals surface area contributed by atoms with E-state index in [0.29, 0.717) is 6.54 Å². The number of aromatic nitrogens is 2. The maximum absolute atomic E-state index is 13.9. The Morgan fingerprint density at radius 1 is 0.951 bits per heavy atom. The highest BCUT2D eigenvalue weighted by atomic mass is 16.5. The largest absolute Gasteiger partial charge is 0.480 e. The molecule has 2 aliphatic carbocycles. The van der Waals surface area contributed by atoms with Crippen molar-refractivity contribution in [1.82, 2.24) is 25.5 Å². The molecule has 0 bridgehead atoms. The SMILES string of the molecule is COC(=O)c1cnc(C(=O)N[C@H](C(=O)N[C@H](C(=O)N2C[C@@H]3CCC[C@@H]3[C@H]2C(=O)O)C(C)(C)C)C2CCCCC2)cn1. The third-order valence-electron chi connectivity index (χ3n) is 8.80. The number of carboxylic acid groups (broad SMARTS) is 1. The fraction of sp³-hybridized carbons (Fsp3) is 0.690. The molecule has 224 valence electrons. The van der Waals surface area contributed by atoms with E-state index in [-0.39, 0.29) is 29.1 Å². The molecule has 5 atom stereocenters. The molecule has 0 spiro atoms. The van der Waals surface area contributed by atoms with Crippen molar-refractivity contribution in [1.29, 1.82) is 0 Å². The van der Waals surface area contributed by atoms with Gasteiger partial charge in [-0.05, 0) is 48.9 Å². The first-order valence-corrected chi connectivity index (χ1v) is 14.5. The molecule has 1 aliphatic heterocycles. The van der Waals surface area contributed by atoms with Gasteiger partial charge in [0.25, 0.3) is 5.91 Å². The molecule has 3 amide bonds. The minimum Gasteiger partial charge on any atom is -0.480 e. The molecule has 1 saturated heterocycles. The summed E-state index contributed by atoms with van der Waals surface area (Å²) in [5, 5.41) is 15.7. The lowest BCUT2D eigenvalue weighted by Crippen LogP contribution is -2.61. The predicted octanol–water partition coefficient (Wildman–Crippen LogP) is 2.18. The predicted molar refractivity (Wildman–Crippen MR) is 147 cm³/mol. The Labute approximate surface area is 240 Å². The first-order chi connectivity index (χ1) is 19.4. The molecule has 3 fully saturated rings. The summed E-state index contributed by atoms with van der Waals surface area (Å²) in [7, 11) is 1.21. The van der Waals surface area contributed by atoms with Crippen LogP contribution in [0.3, 0.4) is 0 Å². The summed E-state index contributed by atoms with van der Waals surface area (Å²) in [6, 6.07) is -2.83. The summed E-state index contributed by atoms with van der Waals surface area (Å²) in [6.45, 7) is 5.85. The average Bonchev–Trinajstić information content (AvgIpc) is 3.55. The van der Waals surface area contributed by atoms with Crippen LogP contribution >= 0.6 is 0 Å². The van der Waals surface area contributed by atoms with Gasteiger partial charge in [0.15, 0.2) is 5.69 Å². The lowest BCUT2D eigenvalue weighted by atomic mass is 9.82.